The van der Waals surface area contributed by atoms with Crippen LogP contribution in [0.4, 0.5) is 0 Å². The summed E-state index contributed by atoms with van der Waals surface area (Å²) in [5.74, 6) is 0.880. The van der Waals surface area contributed by atoms with E-state index in [0.717, 1.165) is 0 Å². The van der Waals surface area contributed by atoms with Crippen LogP contribution in [0.25, 0.3) is 5.57 Å². The lowest BCUT2D eigenvalue weighted by atomic mass is 10.0. The Kier molecular flexibility index (Phi) is 4.59. The van der Waals surface area contributed by atoms with Crippen molar-refractivity contribution in [3.8, 4) is 17.2 Å². The van der Waals surface area contributed by atoms with Crippen molar-refractivity contribution in [1.29, 1.82) is 0 Å². The van der Waals surface area contributed by atoms with Gasteiger partial charge in [0.05, 0.1) is 39.6 Å². The molecule has 0 fully saturated rings. The molecule has 0 radical (unpaired) electrons. The third-order valence-corrected chi connectivity index (χ3v) is 2.45. The van der Waals surface area contributed by atoms with E-state index in [9.17, 15) is 4.79 Å². The Labute approximate surface area is 106 Å². The number of rotatable bonds is 5. The van der Waals surface area contributed by atoms with E-state index in [2.05, 4.69) is 11.3 Å². The quantitative estimate of drug-likeness (QED) is 0.591. The fraction of sp³-hybridized carbons (Fsp3) is 0.308. The summed E-state index contributed by atoms with van der Waals surface area (Å²) in [5.41, 5.74) is 0.613. The minimum atomic E-state index is -0.545. The summed E-state index contributed by atoms with van der Waals surface area (Å²) >= 11 is 0. The molecule has 0 aliphatic carbocycles. The van der Waals surface area contributed by atoms with Crippen molar-refractivity contribution in [2.45, 2.75) is 0 Å². The number of benzene rings is 1. The van der Waals surface area contributed by atoms with Crippen molar-refractivity contribution in [3.05, 3.63) is 24.3 Å². The van der Waals surface area contributed by atoms with Gasteiger partial charge in [-0.15, -0.1) is 0 Å². The van der Waals surface area contributed by atoms with Gasteiger partial charge in [-0.25, -0.2) is 4.79 Å². The number of methoxy groups -OCH3 is 4. The van der Waals surface area contributed by atoms with Crippen LogP contribution >= 0.6 is 0 Å². The highest BCUT2D eigenvalue weighted by atomic mass is 16.5. The van der Waals surface area contributed by atoms with E-state index in [0.29, 0.717) is 22.8 Å². The van der Waals surface area contributed by atoms with Gasteiger partial charge in [0.1, 0.15) is 17.2 Å². The molecule has 0 bridgehead atoms. The predicted octanol–water partition coefficient (Wildman–Crippen LogP) is 1.90. The van der Waals surface area contributed by atoms with Crippen molar-refractivity contribution in [1.82, 2.24) is 0 Å². The number of carbonyl (C=O) groups excluding carboxylic acids is 1. The molecule has 0 aliphatic rings. The van der Waals surface area contributed by atoms with Crippen molar-refractivity contribution in [2.75, 3.05) is 28.4 Å². The van der Waals surface area contributed by atoms with Crippen molar-refractivity contribution in [2.24, 2.45) is 0 Å². The van der Waals surface area contributed by atoms with E-state index in [4.69, 9.17) is 14.2 Å². The van der Waals surface area contributed by atoms with Crippen LogP contribution < -0.4 is 14.2 Å². The lowest BCUT2D eigenvalue weighted by molar-refractivity contribution is -0.133. The van der Waals surface area contributed by atoms with Crippen molar-refractivity contribution < 1.29 is 23.7 Å². The third kappa shape index (κ3) is 2.56. The lowest BCUT2D eigenvalue weighted by Crippen LogP contribution is -2.06. The maximum Gasteiger partial charge on any atom is 0.338 e. The van der Waals surface area contributed by atoms with E-state index in [1.807, 2.05) is 0 Å². The fourth-order valence-corrected chi connectivity index (χ4v) is 1.53. The molecule has 0 unspecified atom stereocenters. The first-order chi connectivity index (χ1) is 8.58. The Morgan fingerprint density at radius 1 is 1.00 bits per heavy atom. The molecule has 98 valence electrons. The average Bonchev–Trinajstić information content (AvgIpc) is 2.43. The monoisotopic (exact) mass is 252 g/mol. The molecule has 1 rings (SSSR count). The molecule has 0 aromatic heterocycles. The first-order valence-corrected chi connectivity index (χ1v) is 5.16. The molecular formula is C13H16O5. The second-order valence-corrected chi connectivity index (χ2v) is 3.38. The number of esters is 1. The number of hydrogen-bond acceptors (Lipinski definition) is 5. The number of carbonyl (C=O) groups is 1. The Balaban J connectivity index is 3.40. The van der Waals surface area contributed by atoms with Crippen LogP contribution in [0.2, 0.25) is 0 Å². The van der Waals surface area contributed by atoms with Crippen molar-refractivity contribution in [3.63, 3.8) is 0 Å². The minimum Gasteiger partial charge on any atom is -0.496 e. The summed E-state index contributed by atoms with van der Waals surface area (Å²) in [6.07, 6.45) is 0. The van der Waals surface area contributed by atoms with Gasteiger partial charge in [0, 0.05) is 12.1 Å². The van der Waals surface area contributed by atoms with Gasteiger partial charge in [0.2, 0.25) is 0 Å². The zero-order valence-corrected chi connectivity index (χ0v) is 10.9. The largest absolute Gasteiger partial charge is 0.496 e. The molecule has 0 aliphatic heterocycles. The Bertz CT molecular complexity index is 439. The molecule has 0 amide bonds. The smallest absolute Gasteiger partial charge is 0.338 e. The highest BCUT2D eigenvalue weighted by Crippen LogP contribution is 2.38. The van der Waals surface area contributed by atoms with Crippen molar-refractivity contribution >= 4 is 11.5 Å². The van der Waals surface area contributed by atoms with Crippen LogP contribution in [0.3, 0.4) is 0 Å². The zero-order chi connectivity index (χ0) is 13.7. The van der Waals surface area contributed by atoms with Crippen LogP contribution in [0.15, 0.2) is 18.7 Å². The Hall–Kier alpha value is -2.17. The Morgan fingerprint density at radius 3 is 1.83 bits per heavy atom. The summed E-state index contributed by atoms with van der Waals surface area (Å²) in [6, 6.07) is 3.29. The second-order valence-electron chi connectivity index (χ2n) is 3.38. The first-order valence-electron chi connectivity index (χ1n) is 5.16. The highest BCUT2D eigenvalue weighted by molar-refractivity contribution is 6.17. The molecular weight excluding hydrogens is 236 g/mol. The maximum absolute atomic E-state index is 11.5. The van der Waals surface area contributed by atoms with E-state index < -0.39 is 5.97 Å². The molecule has 0 spiro atoms. The van der Waals surface area contributed by atoms with Gasteiger partial charge in [-0.3, -0.25) is 0 Å². The number of hydrogen-bond donors (Lipinski definition) is 0. The van der Waals surface area contributed by atoms with Gasteiger partial charge in [0.25, 0.3) is 0 Å². The lowest BCUT2D eigenvalue weighted by Gasteiger charge is -2.15. The summed E-state index contributed by atoms with van der Waals surface area (Å²) in [4.78, 5) is 11.5. The summed E-state index contributed by atoms with van der Waals surface area (Å²) in [6.45, 7) is 3.69. The fourth-order valence-electron chi connectivity index (χ4n) is 1.53. The highest BCUT2D eigenvalue weighted by Gasteiger charge is 2.21. The van der Waals surface area contributed by atoms with E-state index >= 15 is 0 Å². The Morgan fingerprint density at radius 2 is 1.50 bits per heavy atom. The van der Waals surface area contributed by atoms with E-state index in [1.54, 1.807) is 12.1 Å². The summed E-state index contributed by atoms with van der Waals surface area (Å²) in [7, 11) is 5.80. The van der Waals surface area contributed by atoms with Gasteiger partial charge in [-0.05, 0) is 0 Å². The SMILES string of the molecule is C=C(C(=O)OC)c1c(OC)cc(OC)cc1OC. The molecule has 5 heteroatoms. The molecule has 1 aromatic rings. The number of ether oxygens (including phenoxy) is 4. The maximum atomic E-state index is 11.5. The van der Waals surface area contributed by atoms with Crippen LogP contribution in [-0.2, 0) is 9.53 Å². The molecule has 0 atom stereocenters. The normalized spacial score (nSPS) is 9.56. The third-order valence-electron chi connectivity index (χ3n) is 2.45. The zero-order valence-electron chi connectivity index (χ0n) is 10.9. The van der Waals surface area contributed by atoms with E-state index in [-0.39, 0.29) is 5.57 Å². The van der Waals surface area contributed by atoms with Gasteiger partial charge in [0.15, 0.2) is 0 Å². The molecule has 0 saturated heterocycles. The molecule has 18 heavy (non-hydrogen) atoms. The second kappa shape index (κ2) is 5.95. The minimum absolute atomic E-state index is 0.161. The van der Waals surface area contributed by atoms with Gasteiger partial charge < -0.3 is 18.9 Å². The average molecular weight is 252 g/mol. The summed E-state index contributed by atoms with van der Waals surface area (Å²) < 4.78 is 20.2. The standard InChI is InChI=1S/C13H16O5/c1-8(13(14)18-5)12-10(16-3)6-9(15-2)7-11(12)17-4/h6-7H,1H2,2-5H3. The first kappa shape index (κ1) is 13.9. The predicted molar refractivity (Wildman–Crippen MR) is 67.1 cm³/mol. The van der Waals surface area contributed by atoms with E-state index in [1.165, 1.54) is 28.4 Å². The van der Waals surface area contributed by atoms with Crippen LogP contribution in [0.1, 0.15) is 5.56 Å². The molecule has 0 N–H and O–H groups in total. The molecule has 1 aromatic carbocycles. The van der Waals surface area contributed by atoms with Gasteiger partial charge >= 0.3 is 5.97 Å². The van der Waals surface area contributed by atoms with Gasteiger partial charge in [-0.2, -0.15) is 0 Å². The van der Waals surface area contributed by atoms with Crippen LogP contribution in [0.5, 0.6) is 17.2 Å². The van der Waals surface area contributed by atoms with Gasteiger partial charge in [-0.1, -0.05) is 6.58 Å². The molecule has 5 nitrogen and oxygen atoms in total. The molecule has 0 saturated carbocycles. The molecule has 0 heterocycles. The van der Waals surface area contributed by atoms with Crippen LogP contribution in [-0.4, -0.2) is 34.4 Å². The topological polar surface area (TPSA) is 54.0 Å². The van der Waals surface area contributed by atoms with Crippen LogP contribution in [0, 0.1) is 0 Å². The summed E-state index contributed by atoms with van der Waals surface area (Å²) in [5, 5.41) is 0.